The van der Waals surface area contributed by atoms with E-state index >= 15 is 0 Å². The molecule has 0 unspecified atom stereocenters. The monoisotopic (exact) mass is 362 g/mol. The van der Waals surface area contributed by atoms with E-state index in [0.717, 1.165) is 55.2 Å². The Morgan fingerprint density at radius 1 is 1.36 bits per heavy atom. The van der Waals surface area contributed by atoms with Crippen LogP contribution in [0.3, 0.4) is 0 Å². The van der Waals surface area contributed by atoms with Gasteiger partial charge in [-0.1, -0.05) is 44.9 Å². The second-order valence-corrected chi connectivity index (χ2v) is 8.46. The number of nitrogens with zero attached hydrogens (tertiary/aromatic N) is 4. The van der Waals surface area contributed by atoms with Crippen molar-refractivity contribution < 1.29 is 4.79 Å². The summed E-state index contributed by atoms with van der Waals surface area (Å²) in [6, 6.07) is 2.42. The molecule has 1 saturated carbocycles. The number of hydrogen-bond donors (Lipinski definition) is 0. The Morgan fingerprint density at radius 2 is 2.00 bits per heavy atom. The quantitative estimate of drug-likeness (QED) is 0.719. The molecule has 1 aliphatic carbocycles. The normalized spacial score (nSPS) is 16.7. The molecule has 1 aromatic rings. The summed E-state index contributed by atoms with van der Waals surface area (Å²) < 4.78 is 2.21. The highest BCUT2D eigenvalue weighted by Crippen LogP contribution is 2.33. The Labute approximate surface area is 155 Å². The summed E-state index contributed by atoms with van der Waals surface area (Å²) in [5, 5.41) is 10.6. The molecule has 1 aromatic heterocycles. The van der Waals surface area contributed by atoms with Crippen molar-refractivity contribution in [2.45, 2.75) is 77.0 Å². The van der Waals surface area contributed by atoms with Crippen LogP contribution in [0.5, 0.6) is 0 Å². The highest BCUT2D eigenvalue weighted by Gasteiger charge is 2.38. The second-order valence-electron chi connectivity index (χ2n) is 7.52. The molecule has 2 rings (SSSR count). The predicted molar refractivity (Wildman–Crippen MR) is 101 cm³/mol. The van der Waals surface area contributed by atoms with E-state index in [2.05, 4.69) is 36.4 Å². The number of nitriles is 1. The van der Waals surface area contributed by atoms with Gasteiger partial charge in [-0.2, -0.15) is 5.26 Å². The molecule has 0 saturated heterocycles. The molecular formula is C19H30N4OS. The van der Waals surface area contributed by atoms with E-state index in [1.54, 1.807) is 11.9 Å². The minimum atomic E-state index is -0.616. The van der Waals surface area contributed by atoms with E-state index in [1.165, 1.54) is 11.8 Å². The number of carbonyl (C=O) groups excluding carboxylic acids is 1. The van der Waals surface area contributed by atoms with Crippen molar-refractivity contribution in [1.82, 2.24) is 14.5 Å². The number of aryl methyl sites for hydroxylation is 1. The smallest absolute Gasteiger partial charge is 0.234 e. The number of carbonyl (C=O) groups is 1. The summed E-state index contributed by atoms with van der Waals surface area (Å²) >= 11 is 1.48. The van der Waals surface area contributed by atoms with Crippen LogP contribution in [0.15, 0.2) is 5.16 Å². The van der Waals surface area contributed by atoms with Crippen LogP contribution >= 0.6 is 11.8 Å². The molecule has 1 heterocycles. The summed E-state index contributed by atoms with van der Waals surface area (Å²) in [5.74, 6) is 0.866. The third kappa shape index (κ3) is 4.38. The highest BCUT2D eigenvalue weighted by molar-refractivity contribution is 7.99. The lowest BCUT2D eigenvalue weighted by molar-refractivity contribution is -0.131. The maximum atomic E-state index is 12.7. The van der Waals surface area contributed by atoms with Crippen LogP contribution in [0.2, 0.25) is 0 Å². The van der Waals surface area contributed by atoms with Crippen LogP contribution in [0.25, 0.3) is 0 Å². The molecule has 5 nitrogen and oxygen atoms in total. The maximum absolute atomic E-state index is 12.7. The molecule has 1 fully saturated rings. The van der Waals surface area contributed by atoms with Crippen molar-refractivity contribution in [3.63, 3.8) is 0 Å². The minimum absolute atomic E-state index is 0.0165. The summed E-state index contributed by atoms with van der Waals surface area (Å²) in [5.41, 5.74) is 1.57. The average Bonchev–Trinajstić information content (AvgIpc) is 2.86. The van der Waals surface area contributed by atoms with E-state index in [9.17, 15) is 10.1 Å². The van der Waals surface area contributed by atoms with Gasteiger partial charge in [0.15, 0.2) is 5.16 Å². The molecule has 1 aliphatic rings. The van der Waals surface area contributed by atoms with Crippen LogP contribution in [-0.4, -0.2) is 38.7 Å². The summed E-state index contributed by atoms with van der Waals surface area (Å²) in [6.07, 6.45) is 4.78. The third-order valence-corrected chi connectivity index (χ3v) is 6.16. The number of aromatic nitrogens is 2. The first-order chi connectivity index (χ1) is 11.8. The highest BCUT2D eigenvalue weighted by atomic mass is 32.2. The first-order valence-electron chi connectivity index (χ1n) is 9.15. The second kappa shape index (κ2) is 8.27. The predicted octanol–water partition coefficient (Wildman–Crippen LogP) is 3.93. The molecule has 1 amide bonds. The number of amides is 1. The molecule has 0 N–H and O–H groups in total. The van der Waals surface area contributed by atoms with Crippen molar-refractivity contribution >= 4 is 17.7 Å². The number of thioether (sulfide) groups is 1. The van der Waals surface area contributed by atoms with Gasteiger partial charge >= 0.3 is 0 Å². The molecule has 6 heteroatoms. The lowest BCUT2D eigenvalue weighted by Crippen LogP contribution is -2.50. The Balaban J connectivity index is 2.07. The fourth-order valence-electron chi connectivity index (χ4n) is 3.43. The number of hydrogen-bond acceptors (Lipinski definition) is 4. The van der Waals surface area contributed by atoms with Crippen molar-refractivity contribution in [1.29, 1.82) is 5.26 Å². The third-order valence-electron chi connectivity index (χ3n) is 5.20. The molecule has 138 valence electrons. The number of imidazole rings is 1. The van der Waals surface area contributed by atoms with Crippen molar-refractivity contribution in [2.24, 2.45) is 5.92 Å². The lowest BCUT2D eigenvalue weighted by Gasteiger charge is -2.39. The molecule has 25 heavy (non-hydrogen) atoms. The Hall–Kier alpha value is -1.48. The van der Waals surface area contributed by atoms with Crippen LogP contribution in [-0.2, 0) is 11.3 Å². The van der Waals surface area contributed by atoms with Crippen LogP contribution < -0.4 is 0 Å². The van der Waals surface area contributed by atoms with Gasteiger partial charge in [0.05, 0.1) is 17.5 Å². The van der Waals surface area contributed by atoms with Gasteiger partial charge in [-0.15, -0.1) is 0 Å². The van der Waals surface area contributed by atoms with Crippen LogP contribution in [0, 0.1) is 31.1 Å². The van der Waals surface area contributed by atoms with E-state index < -0.39 is 5.54 Å². The van der Waals surface area contributed by atoms with Gasteiger partial charge in [0.1, 0.15) is 5.54 Å². The van der Waals surface area contributed by atoms with E-state index in [4.69, 9.17) is 0 Å². The number of rotatable bonds is 6. The van der Waals surface area contributed by atoms with Crippen molar-refractivity contribution in [2.75, 3.05) is 12.8 Å². The van der Waals surface area contributed by atoms with Gasteiger partial charge in [0, 0.05) is 19.3 Å². The summed E-state index contributed by atoms with van der Waals surface area (Å²) in [7, 11) is 1.79. The Bertz CT molecular complexity index is 653. The summed E-state index contributed by atoms with van der Waals surface area (Å²) in [6.45, 7) is 9.36. The average molecular weight is 363 g/mol. The van der Waals surface area contributed by atoms with Gasteiger partial charge in [-0.05, 0) is 32.6 Å². The first-order valence-corrected chi connectivity index (χ1v) is 10.1. The fraction of sp³-hybridized carbons (Fsp3) is 0.737. The molecule has 0 atom stereocenters. The first kappa shape index (κ1) is 19.8. The molecule has 0 bridgehead atoms. The molecule has 0 aromatic carbocycles. The zero-order valence-corrected chi connectivity index (χ0v) is 16.9. The van der Waals surface area contributed by atoms with Crippen LogP contribution in [0.4, 0.5) is 0 Å². The van der Waals surface area contributed by atoms with Gasteiger partial charge in [0.2, 0.25) is 5.91 Å². The van der Waals surface area contributed by atoms with Gasteiger partial charge in [-0.3, -0.25) is 4.79 Å². The van der Waals surface area contributed by atoms with E-state index in [1.807, 2.05) is 6.92 Å². The SMILES string of the molecule is Cc1nc(SCC(=O)N(C)C2(C#N)CCCCC2)n(CC(C)C)c1C. The zero-order valence-electron chi connectivity index (χ0n) is 16.1. The largest absolute Gasteiger partial charge is 0.326 e. The fourth-order valence-corrected chi connectivity index (χ4v) is 4.45. The molecule has 0 aliphatic heterocycles. The lowest BCUT2D eigenvalue weighted by atomic mass is 9.81. The van der Waals surface area contributed by atoms with Gasteiger partial charge in [-0.25, -0.2) is 4.98 Å². The molecule has 0 spiro atoms. The van der Waals surface area contributed by atoms with E-state index in [-0.39, 0.29) is 5.91 Å². The van der Waals surface area contributed by atoms with Crippen molar-refractivity contribution in [3.8, 4) is 6.07 Å². The zero-order chi connectivity index (χ0) is 18.6. The molecule has 0 radical (unpaired) electrons. The minimum Gasteiger partial charge on any atom is -0.326 e. The molecular weight excluding hydrogens is 332 g/mol. The van der Waals surface area contributed by atoms with E-state index in [0.29, 0.717) is 11.7 Å². The standard InChI is InChI=1S/C19H30N4OS/c1-14(2)11-23-16(4)15(3)21-18(23)25-12-17(24)22(5)19(13-20)9-7-6-8-10-19/h14H,6-12H2,1-5H3. The van der Waals surface area contributed by atoms with Crippen molar-refractivity contribution in [3.05, 3.63) is 11.4 Å². The van der Waals surface area contributed by atoms with Gasteiger partial charge < -0.3 is 9.47 Å². The summed E-state index contributed by atoms with van der Waals surface area (Å²) in [4.78, 5) is 19.0. The van der Waals surface area contributed by atoms with Gasteiger partial charge in [0.25, 0.3) is 0 Å². The Kier molecular flexibility index (Phi) is 6.56. The van der Waals surface area contributed by atoms with Crippen LogP contribution in [0.1, 0.15) is 57.3 Å². The topological polar surface area (TPSA) is 61.9 Å². The maximum Gasteiger partial charge on any atom is 0.234 e. The Morgan fingerprint density at radius 3 is 2.56 bits per heavy atom.